The second-order valence-corrected chi connectivity index (χ2v) is 13.0. The predicted octanol–water partition coefficient (Wildman–Crippen LogP) is 1.03. The molecular formula is C34H54N2O12. The lowest BCUT2D eigenvalue weighted by molar-refractivity contribution is -0.166. The maximum absolute atomic E-state index is 12.6. The molecule has 0 heterocycles. The molecule has 8 N–H and O–H groups in total. The van der Waals surface area contributed by atoms with Crippen LogP contribution in [-0.4, -0.2) is 106 Å². The number of carbonyl (C=O) groups is 4. The summed E-state index contributed by atoms with van der Waals surface area (Å²) in [5, 5.41) is 41.5. The molecule has 0 aliphatic heterocycles. The van der Waals surface area contributed by atoms with Crippen LogP contribution in [0.1, 0.15) is 72.6 Å². The van der Waals surface area contributed by atoms with Gasteiger partial charge in [0.15, 0.2) is 0 Å². The van der Waals surface area contributed by atoms with E-state index in [1.165, 1.54) is 27.7 Å². The average molecular weight is 683 g/mol. The topological polar surface area (TPSA) is 238 Å². The zero-order valence-corrected chi connectivity index (χ0v) is 28.6. The Labute approximate surface area is 282 Å². The van der Waals surface area contributed by atoms with Crippen molar-refractivity contribution < 1.29 is 58.6 Å². The number of hydrogen-bond acceptors (Lipinski definition) is 14. The average Bonchev–Trinajstić information content (AvgIpc) is 3.01. The molecule has 1 rings (SSSR count). The van der Waals surface area contributed by atoms with Gasteiger partial charge in [-0.15, -0.1) is 0 Å². The van der Waals surface area contributed by atoms with E-state index in [1.807, 2.05) is 0 Å². The quantitative estimate of drug-likeness (QED) is 0.0598. The van der Waals surface area contributed by atoms with Crippen molar-refractivity contribution in [2.45, 2.75) is 108 Å². The van der Waals surface area contributed by atoms with Gasteiger partial charge in [0.05, 0.1) is 26.4 Å². The summed E-state index contributed by atoms with van der Waals surface area (Å²) in [5.74, 6) is -3.21. The highest BCUT2D eigenvalue weighted by atomic mass is 16.6. The van der Waals surface area contributed by atoms with Crippen LogP contribution < -0.4 is 11.5 Å². The van der Waals surface area contributed by atoms with Crippen molar-refractivity contribution in [1.82, 2.24) is 0 Å². The number of aliphatic hydroxyl groups is 4. The molecule has 0 amide bonds. The van der Waals surface area contributed by atoms with Gasteiger partial charge in [0.2, 0.25) is 0 Å². The van der Waals surface area contributed by atoms with E-state index in [0.29, 0.717) is 6.42 Å². The van der Waals surface area contributed by atoms with Gasteiger partial charge in [0.1, 0.15) is 24.4 Å². The summed E-state index contributed by atoms with van der Waals surface area (Å²) in [6.07, 6.45) is -5.17. The van der Waals surface area contributed by atoms with E-state index in [2.05, 4.69) is 26.3 Å². The Kier molecular flexibility index (Phi) is 16.3. The molecule has 0 spiro atoms. The van der Waals surface area contributed by atoms with Gasteiger partial charge in [0, 0.05) is 46.2 Å². The van der Waals surface area contributed by atoms with Crippen molar-refractivity contribution in [3.8, 4) is 0 Å². The van der Waals surface area contributed by atoms with E-state index in [-0.39, 0.29) is 60.8 Å². The SMILES string of the molecule is C=C(C)C(=O)OC(CO)CC1(N)CCCC(CC(CO)OC(=O)C(=C)C)(CC(CO)OC(=O)C(=C)C)C1(N)CC(CO)OC(=O)C(=C)C. The number of esters is 4. The molecule has 48 heavy (non-hydrogen) atoms. The van der Waals surface area contributed by atoms with E-state index < -0.39 is 91.2 Å². The van der Waals surface area contributed by atoms with E-state index in [0.717, 1.165) is 0 Å². The van der Waals surface area contributed by atoms with Crippen LogP contribution in [0, 0.1) is 5.41 Å². The number of aliphatic hydroxyl groups excluding tert-OH is 4. The molecule has 0 aromatic carbocycles. The highest BCUT2D eigenvalue weighted by Gasteiger charge is 2.63. The molecule has 1 saturated carbocycles. The summed E-state index contributed by atoms with van der Waals surface area (Å²) in [6, 6.07) is 0. The maximum Gasteiger partial charge on any atom is 0.333 e. The molecule has 0 aromatic rings. The first kappa shape index (κ1) is 42.6. The highest BCUT2D eigenvalue weighted by Crippen LogP contribution is 2.56. The largest absolute Gasteiger partial charge is 0.457 e. The van der Waals surface area contributed by atoms with Crippen molar-refractivity contribution in [2.75, 3.05) is 26.4 Å². The van der Waals surface area contributed by atoms with Crippen LogP contribution in [0.4, 0.5) is 0 Å². The fourth-order valence-corrected chi connectivity index (χ4v) is 6.29. The van der Waals surface area contributed by atoms with Gasteiger partial charge >= 0.3 is 23.9 Å². The third kappa shape index (κ3) is 10.8. The number of carbonyl (C=O) groups excluding carboxylic acids is 4. The van der Waals surface area contributed by atoms with Crippen LogP contribution >= 0.6 is 0 Å². The van der Waals surface area contributed by atoms with Crippen LogP contribution in [0.2, 0.25) is 0 Å². The molecule has 1 aliphatic rings. The Bertz CT molecular complexity index is 1190. The Hall–Kier alpha value is -3.40. The zero-order chi connectivity index (χ0) is 37.0. The van der Waals surface area contributed by atoms with Gasteiger partial charge in [0.25, 0.3) is 0 Å². The molecule has 14 nitrogen and oxygen atoms in total. The van der Waals surface area contributed by atoms with Crippen molar-refractivity contribution >= 4 is 23.9 Å². The second-order valence-electron chi connectivity index (χ2n) is 13.0. The lowest BCUT2D eigenvalue weighted by Gasteiger charge is -2.63. The molecule has 0 aromatic heterocycles. The van der Waals surface area contributed by atoms with Gasteiger partial charge < -0.3 is 50.8 Å². The molecule has 0 radical (unpaired) electrons. The minimum atomic E-state index is -1.80. The molecule has 272 valence electrons. The second kappa shape index (κ2) is 18.4. The maximum atomic E-state index is 12.6. The summed E-state index contributed by atoms with van der Waals surface area (Å²) in [6.45, 7) is 17.3. The molecule has 14 heteroatoms. The molecule has 1 aliphatic carbocycles. The van der Waals surface area contributed by atoms with E-state index in [4.69, 9.17) is 30.4 Å². The first-order chi connectivity index (χ1) is 22.2. The minimum Gasteiger partial charge on any atom is -0.457 e. The van der Waals surface area contributed by atoms with Crippen LogP contribution in [0.15, 0.2) is 48.6 Å². The third-order valence-electron chi connectivity index (χ3n) is 8.79. The number of hydrogen-bond donors (Lipinski definition) is 6. The molecule has 0 bridgehead atoms. The van der Waals surface area contributed by atoms with Crippen LogP contribution in [0.5, 0.6) is 0 Å². The van der Waals surface area contributed by atoms with Crippen molar-refractivity contribution in [2.24, 2.45) is 16.9 Å². The lowest BCUT2D eigenvalue weighted by Crippen LogP contribution is -2.77. The molecule has 6 atom stereocenters. The predicted molar refractivity (Wildman–Crippen MR) is 176 cm³/mol. The van der Waals surface area contributed by atoms with Gasteiger partial charge in [-0.25, -0.2) is 19.2 Å². The van der Waals surface area contributed by atoms with Crippen LogP contribution in [-0.2, 0) is 38.1 Å². The first-order valence-electron chi connectivity index (χ1n) is 15.7. The smallest absolute Gasteiger partial charge is 0.333 e. The summed E-state index contributed by atoms with van der Waals surface area (Å²) < 4.78 is 22.1. The molecule has 6 unspecified atom stereocenters. The Morgan fingerprint density at radius 2 is 0.854 bits per heavy atom. The third-order valence-corrected chi connectivity index (χ3v) is 8.79. The van der Waals surface area contributed by atoms with E-state index in [1.54, 1.807) is 0 Å². The van der Waals surface area contributed by atoms with Crippen LogP contribution in [0.25, 0.3) is 0 Å². The van der Waals surface area contributed by atoms with E-state index in [9.17, 15) is 39.6 Å². The molecule has 1 fully saturated rings. The lowest BCUT2D eigenvalue weighted by atomic mass is 9.48. The highest BCUT2D eigenvalue weighted by molar-refractivity contribution is 5.88. The number of rotatable bonds is 20. The number of nitrogens with two attached hydrogens (primary N) is 2. The van der Waals surface area contributed by atoms with Gasteiger partial charge in [-0.05, 0) is 58.8 Å². The summed E-state index contributed by atoms with van der Waals surface area (Å²) in [7, 11) is 0. The summed E-state index contributed by atoms with van der Waals surface area (Å²) >= 11 is 0. The monoisotopic (exact) mass is 682 g/mol. The fraction of sp³-hybridized carbons (Fsp3) is 0.647. The minimum absolute atomic E-state index is 0.0413. The standard InChI is InChI=1S/C34H54N2O12/c1-20(2)28(41)45-24(16-37)12-32(13-25(17-38)46-29(42)21(3)4)10-9-11-33(35,14-26(18-39)47-30(43)22(5)6)34(32,36)15-27(19-40)48-31(44)23(7)8/h24-27,37-40H,1,3,5,7,9-19,35-36H2,2,4,6,8H3. The number of ether oxygens (including phenoxy) is 4. The van der Waals surface area contributed by atoms with Crippen molar-refractivity contribution in [3.05, 3.63) is 48.6 Å². The Morgan fingerprint density at radius 1 is 0.562 bits per heavy atom. The van der Waals surface area contributed by atoms with Crippen molar-refractivity contribution in [3.63, 3.8) is 0 Å². The Balaban J connectivity index is 4.04. The first-order valence-corrected chi connectivity index (χ1v) is 15.7. The van der Waals surface area contributed by atoms with Crippen LogP contribution in [0.3, 0.4) is 0 Å². The molecule has 0 saturated heterocycles. The van der Waals surface area contributed by atoms with Gasteiger partial charge in [-0.1, -0.05) is 32.7 Å². The van der Waals surface area contributed by atoms with E-state index >= 15 is 0 Å². The fourth-order valence-electron chi connectivity index (χ4n) is 6.29. The van der Waals surface area contributed by atoms with Gasteiger partial charge in [-0.3, -0.25) is 0 Å². The molecular weight excluding hydrogens is 628 g/mol. The normalized spacial score (nSPS) is 24.6. The van der Waals surface area contributed by atoms with Crippen molar-refractivity contribution in [1.29, 1.82) is 0 Å². The van der Waals surface area contributed by atoms with Gasteiger partial charge in [-0.2, -0.15) is 0 Å². The zero-order valence-electron chi connectivity index (χ0n) is 28.6. The summed E-state index contributed by atoms with van der Waals surface area (Å²) in [5.41, 5.74) is 10.1. The summed E-state index contributed by atoms with van der Waals surface area (Å²) in [4.78, 5) is 50.3. The Morgan fingerprint density at radius 3 is 1.15 bits per heavy atom.